The summed E-state index contributed by atoms with van der Waals surface area (Å²) in [6, 6.07) is 11.9. The number of para-hydroxylation sites is 1. The van der Waals surface area contributed by atoms with Gasteiger partial charge in [0.2, 0.25) is 0 Å². The lowest BCUT2D eigenvalue weighted by atomic mass is 9.86. The highest BCUT2D eigenvalue weighted by Crippen LogP contribution is 2.31. The van der Waals surface area contributed by atoms with Gasteiger partial charge in [-0.15, -0.1) is 0 Å². The van der Waals surface area contributed by atoms with Gasteiger partial charge in [-0.2, -0.15) is 0 Å². The minimum Gasteiger partial charge on any atom is -0.483 e. The predicted molar refractivity (Wildman–Crippen MR) is 102 cm³/mol. The molecule has 1 aromatic carbocycles. The van der Waals surface area contributed by atoms with Crippen molar-refractivity contribution in [1.82, 2.24) is 15.2 Å². The van der Waals surface area contributed by atoms with Crippen molar-refractivity contribution in [3.8, 4) is 5.75 Å². The second kappa shape index (κ2) is 7.87. The molecule has 1 aromatic heterocycles. The van der Waals surface area contributed by atoms with Crippen molar-refractivity contribution >= 4 is 5.91 Å². The van der Waals surface area contributed by atoms with Gasteiger partial charge in [-0.05, 0) is 28.7 Å². The number of ether oxygens (including phenoxy) is 1. The number of amides is 1. The van der Waals surface area contributed by atoms with Crippen LogP contribution in [0, 0.1) is 0 Å². The molecular weight excluding hydrogens is 326 g/mol. The molecule has 5 nitrogen and oxygen atoms in total. The highest BCUT2D eigenvalue weighted by atomic mass is 16.5. The van der Waals surface area contributed by atoms with E-state index >= 15 is 0 Å². The quantitative estimate of drug-likeness (QED) is 0.918. The summed E-state index contributed by atoms with van der Waals surface area (Å²) in [5.41, 5.74) is 2.12. The van der Waals surface area contributed by atoms with E-state index in [4.69, 9.17) is 4.74 Å². The number of carbonyl (C=O) groups is 1. The van der Waals surface area contributed by atoms with Crippen LogP contribution in [0.3, 0.4) is 0 Å². The van der Waals surface area contributed by atoms with Gasteiger partial charge in [0.05, 0.1) is 6.04 Å². The van der Waals surface area contributed by atoms with Gasteiger partial charge in [-0.1, -0.05) is 45.0 Å². The lowest BCUT2D eigenvalue weighted by Crippen LogP contribution is -2.50. The highest BCUT2D eigenvalue weighted by Gasteiger charge is 2.28. The molecule has 0 spiro atoms. The number of benzene rings is 1. The van der Waals surface area contributed by atoms with Crippen molar-refractivity contribution in [1.29, 1.82) is 0 Å². The molecule has 5 heteroatoms. The van der Waals surface area contributed by atoms with Gasteiger partial charge in [0, 0.05) is 32.0 Å². The first kappa shape index (κ1) is 18.4. The zero-order chi connectivity index (χ0) is 18.6. The van der Waals surface area contributed by atoms with Crippen LogP contribution in [0.5, 0.6) is 5.75 Å². The van der Waals surface area contributed by atoms with E-state index in [-0.39, 0.29) is 24.0 Å². The Morgan fingerprint density at radius 1 is 1.27 bits per heavy atom. The Morgan fingerprint density at radius 2 is 2.08 bits per heavy atom. The molecule has 1 saturated heterocycles. The van der Waals surface area contributed by atoms with Crippen LogP contribution in [0.1, 0.15) is 37.9 Å². The zero-order valence-electron chi connectivity index (χ0n) is 15.7. The van der Waals surface area contributed by atoms with Crippen molar-refractivity contribution in [3.63, 3.8) is 0 Å². The number of hydrogen-bond donors (Lipinski definition) is 1. The van der Waals surface area contributed by atoms with Gasteiger partial charge in [0.15, 0.2) is 6.61 Å². The van der Waals surface area contributed by atoms with Crippen LogP contribution in [0.2, 0.25) is 0 Å². The lowest BCUT2D eigenvalue weighted by molar-refractivity contribution is -0.136. The molecule has 3 rings (SSSR count). The number of aromatic nitrogens is 1. The average Bonchev–Trinajstić information content (AvgIpc) is 2.66. The normalized spacial score (nSPS) is 17.8. The van der Waals surface area contributed by atoms with E-state index in [1.165, 1.54) is 0 Å². The van der Waals surface area contributed by atoms with Crippen molar-refractivity contribution in [3.05, 3.63) is 59.9 Å². The number of nitrogens with zero attached hydrogens (tertiary/aromatic N) is 2. The molecule has 26 heavy (non-hydrogen) atoms. The Kier molecular flexibility index (Phi) is 5.57. The maximum absolute atomic E-state index is 12.9. The molecule has 0 saturated carbocycles. The van der Waals surface area contributed by atoms with Gasteiger partial charge in [0.1, 0.15) is 5.75 Å². The molecule has 0 radical (unpaired) electrons. The van der Waals surface area contributed by atoms with E-state index in [0.717, 1.165) is 30.0 Å². The Bertz CT molecular complexity index is 740. The molecule has 138 valence electrons. The summed E-state index contributed by atoms with van der Waals surface area (Å²) >= 11 is 0. The second-order valence-corrected chi connectivity index (χ2v) is 7.63. The van der Waals surface area contributed by atoms with E-state index in [2.05, 4.69) is 37.1 Å². The Morgan fingerprint density at radius 3 is 2.81 bits per heavy atom. The van der Waals surface area contributed by atoms with Gasteiger partial charge in [-0.3, -0.25) is 9.78 Å². The van der Waals surface area contributed by atoms with E-state index < -0.39 is 0 Å². The number of pyridine rings is 1. The van der Waals surface area contributed by atoms with Crippen LogP contribution < -0.4 is 10.1 Å². The molecule has 1 aliphatic heterocycles. The summed E-state index contributed by atoms with van der Waals surface area (Å²) in [6.07, 6.45) is 3.58. The molecule has 0 bridgehead atoms. The molecule has 0 aliphatic carbocycles. The van der Waals surface area contributed by atoms with E-state index in [9.17, 15) is 4.79 Å². The summed E-state index contributed by atoms with van der Waals surface area (Å²) in [7, 11) is 0. The van der Waals surface area contributed by atoms with Crippen LogP contribution >= 0.6 is 0 Å². The monoisotopic (exact) mass is 353 g/mol. The van der Waals surface area contributed by atoms with Crippen molar-refractivity contribution < 1.29 is 9.53 Å². The second-order valence-electron chi connectivity index (χ2n) is 7.63. The van der Waals surface area contributed by atoms with Crippen LogP contribution in [0.15, 0.2) is 48.8 Å². The van der Waals surface area contributed by atoms with E-state index in [1.54, 1.807) is 6.20 Å². The first-order chi connectivity index (χ1) is 12.5. The molecule has 1 atom stereocenters. The third kappa shape index (κ3) is 4.22. The van der Waals surface area contributed by atoms with E-state index in [0.29, 0.717) is 6.54 Å². The number of piperazine rings is 1. The maximum Gasteiger partial charge on any atom is 0.261 e. The predicted octanol–water partition coefficient (Wildman–Crippen LogP) is 2.93. The average molecular weight is 353 g/mol. The van der Waals surface area contributed by atoms with Crippen LogP contribution in [0.25, 0.3) is 0 Å². The molecule has 1 fully saturated rings. The fourth-order valence-corrected chi connectivity index (χ4v) is 3.31. The Hall–Kier alpha value is -2.40. The molecule has 1 unspecified atom stereocenters. The number of nitrogens with one attached hydrogen (secondary N) is 1. The van der Waals surface area contributed by atoms with Crippen molar-refractivity contribution in [2.24, 2.45) is 0 Å². The van der Waals surface area contributed by atoms with Crippen molar-refractivity contribution in [2.75, 3.05) is 26.2 Å². The van der Waals surface area contributed by atoms with Gasteiger partial charge in [-0.25, -0.2) is 0 Å². The third-order valence-electron chi connectivity index (χ3n) is 4.68. The Labute approximate surface area is 155 Å². The summed E-state index contributed by atoms with van der Waals surface area (Å²) < 4.78 is 5.94. The summed E-state index contributed by atoms with van der Waals surface area (Å²) in [6.45, 7) is 8.67. The first-order valence-corrected chi connectivity index (χ1v) is 9.09. The Balaban J connectivity index is 1.71. The largest absolute Gasteiger partial charge is 0.483 e. The standard InChI is InChI=1S/C21H27N3O2/c1-21(2,3)17-8-4-5-9-19(17)26-15-20(25)24-12-11-23-14-18(24)16-7-6-10-22-13-16/h4-10,13,18,23H,11-12,14-15H2,1-3H3. The summed E-state index contributed by atoms with van der Waals surface area (Å²) in [5.74, 6) is 0.783. The van der Waals surface area contributed by atoms with Crippen molar-refractivity contribution in [2.45, 2.75) is 32.2 Å². The minimum atomic E-state index is -0.0348. The van der Waals surface area contributed by atoms with Crippen LogP contribution in [-0.2, 0) is 10.2 Å². The van der Waals surface area contributed by atoms with Gasteiger partial charge in [0.25, 0.3) is 5.91 Å². The van der Waals surface area contributed by atoms with E-state index in [1.807, 2.05) is 41.4 Å². The van der Waals surface area contributed by atoms with Gasteiger partial charge < -0.3 is 15.0 Å². The number of carbonyl (C=O) groups excluding carboxylic acids is 1. The lowest BCUT2D eigenvalue weighted by Gasteiger charge is -2.36. The first-order valence-electron chi connectivity index (χ1n) is 9.09. The topological polar surface area (TPSA) is 54.5 Å². The fourth-order valence-electron chi connectivity index (χ4n) is 3.31. The maximum atomic E-state index is 12.9. The minimum absolute atomic E-state index is 0.00376. The smallest absolute Gasteiger partial charge is 0.261 e. The molecule has 1 aliphatic rings. The molecule has 1 amide bonds. The molecule has 2 heterocycles. The molecule has 2 aromatic rings. The third-order valence-corrected chi connectivity index (χ3v) is 4.68. The summed E-state index contributed by atoms with van der Waals surface area (Å²) in [5, 5.41) is 3.36. The zero-order valence-corrected chi connectivity index (χ0v) is 15.7. The SMILES string of the molecule is CC(C)(C)c1ccccc1OCC(=O)N1CCNCC1c1cccnc1. The number of rotatable bonds is 4. The highest BCUT2D eigenvalue weighted by molar-refractivity contribution is 5.78. The summed E-state index contributed by atoms with van der Waals surface area (Å²) in [4.78, 5) is 19.0. The molecular formula is C21H27N3O2. The fraction of sp³-hybridized carbons (Fsp3) is 0.429. The number of hydrogen-bond acceptors (Lipinski definition) is 4. The van der Waals surface area contributed by atoms with Crippen LogP contribution in [-0.4, -0.2) is 42.0 Å². The van der Waals surface area contributed by atoms with Gasteiger partial charge >= 0.3 is 0 Å². The molecule has 1 N–H and O–H groups in total. The van der Waals surface area contributed by atoms with Crippen LogP contribution in [0.4, 0.5) is 0 Å².